The molecule has 0 radical (unpaired) electrons. The van der Waals surface area contributed by atoms with Crippen LogP contribution in [0.2, 0.25) is 0 Å². The van der Waals surface area contributed by atoms with Crippen LogP contribution in [0.3, 0.4) is 0 Å². The average molecular weight is 228 g/mol. The minimum absolute atomic E-state index is 0.126. The summed E-state index contributed by atoms with van der Waals surface area (Å²) in [6, 6.07) is 5.59. The number of benzene rings is 1. The molecule has 0 aliphatic carbocycles. The van der Waals surface area contributed by atoms with Crippen molar-refractivity contribution in [2.45, 2.75) is 26.9 Å². The average Bonchev–Trinajstić information content (AvgIpc) is 2.12. The van der Waals surface area contributed by atoms with Crippen molar-refractivity contribution in [2.24, 2.45) is 5.41 Å². The number of halogens is 3. The number of rotatable bonds is 1. The molecule has 0 heterocycles. The lowest BCUT2D eigenvalue weighted by molar-refractivity contribution is -0.137. The summed E-state index contributed by atoms with van der Waals surface area (Å²) < 4.78 is 37.9. The van der Waals surface area contributed by atoms with Crippen LogP contribution in [0.4, 0.5) is 13.2 Å². The third-order valence-corrected chi connectivity index (χ3v) is 2.03. The topological polar surface area (TPSA) is 0 Å². The molecule has 0 nitrogen and oxygen atoms in total. The number of alkyl halides is 3. The molecule has 0 aromatic heterocycles. The van der Waals surface area contributed by atoms with E-state index in [0.717, 1.165) is 6.07 Å². The highest BCUT2D eigenvalue weighted by Gasteiger charge is 2.32. The van der Waals surface area contributed by atoms with E-state index in [9.17, 15) is 13.2 Å². The fourth-order valence-corrected chi connectivity index (χ4v) is 1.24. The molecular formula is C13H15F3. The Balaban J connectivity index is 3.11. The van der Waals surface area contributed by atoms with Crippen molar-refractivity contribution in [1.29, 1.82) is 0 Å². The van der Waals surface area contributed by atoms with Gasteiger partial charge in [0.1, 0.15) is 0 Å². The van der Waals surface area contributed by atoms with Crippen molar-refractivity contribution in [2.75, 3.05) is 0 Å². The zero-order valence-corrected chi connectivity index (χ0v) is 9.60. The standard InChI is InChI=1S/C13H15F3/c1-12(2,3)9-8-10-6-4-5-7-11(10)13(14,15)16/h4-9H,1-3H3/b9-8+. The summed E-state index contributed by atoms with van der Waals surface area (Å²) in [5, 5.41) is 0. The van der Waals surface area contributed by atoms with Crippen LogP contribution >= 0.6 is 0 Å². The summed E-state index contributed by atoms with van der Waals surface area (Å²) in [6.07, 6.45) is -0.987. The maximum atomic E-state index is 12.6. The lowest BCUT2D eigenvalue weighted by Crippen LogP contribution is -2.07. The third kappa shape index (κ3) is 3.72. The van der Waals surface area contributed by atoms with Gasteiger partial charge in [-0.15, -0.1) is 0 Å². The monoisotopic (exact) mass is 228 g/mol. The van der Waals surface area contributed by atoms with Crippen LogP contribution in [-0.2, 0) is 6.18 Å². The van der Waals surface area contributed by atoms with Gasteiger partial charge in [0.05, 0.1) is 5.56 Å². The first-order valence-electron chi connectivity index (χ1n) is 5.05. The van der Waals surface area contributed by atoms with Crippen LogP contribution < -0.4 is 0 Å². The Morgan fingerprint density at radius 2 is 1.56 bits per heavy atom. The quantitative estimate of drug-likeness (QED) is 0.649. The highest BCUT2D eigenvalue weighted by molar-refractivity contribution is 5.55. The van der Waals surface area contributed by atoms with Gasteiger partial charge in [-0.05, 0) is 17.0 Å². The molecule has 0 fully saturated rings. The van der Waals surface area contributed by atoms with Crippen LogP contribution in [0, 0.1) is 5.41 Å². The molecule has 1 aromatic rings. The summed E-state index contributed by atoms with van der Waals surface area (Å²) >= 11 is 0. The molecule has 16 heavy (non-hydrogen) atoms. The van der Waals surface area contributed by atoms with Crippen LogP contribution in [0.25, 0.3) is 6.08 Å². The van der Waals surface area contributed by atoms with E-state index in [-0.39, 0.29) is 11.0 Å². The van der Waals surface area contributed by atoms with Gasteiger partial charge >= 0.3 is 6.18 Å². The Kier molecular flexibility index (Phi) is 3.46. The third-order valence-electron chi connectivity index (χ3n) is 2.03. The van der Waals surface area contributed by atoms with Gasteiger partial charge in [0.25, 0.3) is 0 Å². The molecule has 0 atom stereocenters. The Morgan fingerprint density at radius 3 is 2.06 bits per heavy atom. The lowest BCUT2D eigenvalue weighted by Gasteiger charge is -2.13. The van der Waals surface area contributed by atoms with Gasteiger partial charge in [-0.3, -0.25) is 0 Å². The van der Waals surface area contributed by atoms with Crippen LogP contribution in [0.5, 0.6) is 0 Å². The normalized spacial score (nSPS) is 13.4. The first kappa shape index (κ1) is 12.8. The number of allylic oxidation sites excluding steroid dienone is 1. The van der Waals surface area contributed by atoms with Crippen molar-refractivity contribution in [3.05, 3.63) is 41.5 Å². The molecular weight excluding hydrogens is 213 g/mol. The summed E-state index contributed by atoms with van der Waals surface area (Å²) in [6.45, 7) is 5.83. The maximum Gasteiger partial charge on any atom is 0.416 e. The van der Waals surface area contributed by atoms with Gasteiger partial charge in [0, 0.05) is 0 Å². The Labute approximate surface area is 93.8 Å². The molecule has 0 aliphatic rings. The molecule has 0 amide bonds. The second-order valence-corrected chi connectivity index (χ2v) is 4.78. The molecule has 0 bridgehead atoms. The first-order chi connectivity index (χ1) is 7.20. The number of hydrogen-bond donors (Lipinski definition) is 0. The Bertz CT molecular complexity index is 381. The van der Waals surface area contributed by atoms with E-state index in [1.54, 1.807) is 12.1 Å². The molecule has 0 aliphatic heterocycles. The number of hydrogen-bond acceptors (Lipinski definition) is 0. The second-order valence-electron chi connectivity index (χ2n) is 4.78. The molecule has 1 aromatic carbocycles. The molecule has 0 N–H and O–H groups in total. The predicted molar refractivity (Wildman–Crippen MR) is 59.9 cm³/mol. The molecule has 0 saturated heterocycles. The van der Waals surface area contributed by atoms with Gasteiger partial charge in [-0.25, -0.2) is 0 Å². The van der Waals surface area contributed by atoms with E-state index in [1.165, 1.54) is 18.2 Å². The van der Waals surface area contributed by atoms with Crippen molar-refractivity contribution in [3.8, 4) is 0 Å². The fourth-order valence-electron chi connectivity index (χ4n) is 1.24. The molecule has 0 spiro atoms. The van der Waals surface area contributed by atoms with E-state index in [1.807, 2.05) is 20.8 Å². The lowest BCUT2D eigenvalue weighted by atomic mass is 9.94. The zero-order valence-electron chi connectivity index (χ0n) is 9.60. The van der Waals surface area contributed by atoms with E-state index in [0.29, 0.717) is 0 Å². The maximum absolute atomic E-state index is 12.6. The molecule has 88 valence electrons. The van der Waals surface area contributed by atoms with Crippen LogP contribution in [0.1, 0.15) is 31.9 Å². The molecule has 0 unspecified atom stereocenters. The SMILES string of the molecule is CC(C)(C)/C=C/c1ccccc1C(F)(F)F. The molecule has 1 rings (SSSR count). The molecule has 3 heteroatoms. The van der Waals surface area contributed by atoms with E-state index >= 15 is 0 Å². The zero-order chi connectivity index (χ0) is 12.4. The van der Waals surface area contributed by atoms with E-state index in [2.05, 4.69) is 0 Å². The summed E-state index contributed by atoms with van der Waals surface area (Å²) in [7, 11) is 0. The predicted octanol–water partition coefficient (Wildman–Crippen LogP) is 4.76. The first-order valence-corrected chi connectivity index (χ1v) is 5.05. The van der Waals surface area contributed by atoms with Crippen molar-refractivity contribution < 1.29 is 13.2 Å². The smallest absolute Gasteiger partial charge is 0.166 e. The van der Waals surface area contributed by atoms with E-state index in [4.69, 9.17) is 0 Å². The molecule has 0 saturated carbocycles. The van der Waals surface area contributed by atoms with Gasteiger partial charge in [-0.1, -0.05) is 51.1 Å². The van der Waals surface area contributed by atoms with Crippen molar-refractivity contribution in [1.82, 2.24) is 0 Å². The summed E-state index contributed by atoms with van der Waals surface area (Å²) in [5.74, 6) is 0. The van der Waals surface area contributed by atoms with Crippen molar-refractivity contribution >= 4 is 6.08 Å². The van der Waals surface area contributed by atoms with Gasteiger partial charge in [0.15, 0.2) is 0 Å². The largest absolute Gasteiger partial charge is 0.416 e. The summed E-state index contributed by atoms with van der Waals surface area (Å²) in [4.78, 5) is 0. The second kappa shape index (κ2) is 4.32. The fraction of sp³-hybridized carbons (Fsp3) is 0.385. The Morgan fingerprint density at radius 1 is 1.00 bits per heavy atom. The highest BCUT2D eigenvalue weighted by Crippen LogP contribution is 2.32. The van der Waals surface area contributed by atoms with Crippen molar-refractivity contribution in [3.63, 3.8) is 0 Å². The van der Waals surface area contributed by atoms with Crippen LogP contribution in [-0.4, -0.2) is 0 Å². The highest BCUT2D eigenvalue weighted by atomic mass is 19.4. The van der Waals surface area contributed by atoms with E-state index < -0.39 is 11.7 Å². The minimum Gasteiger partial charge on any atom is -0.166 e. The Hall–Kier alpha value is -1.25. The van der Waals surface area contributed by atoms with Crippen LogP contribution in [0.15, 0.2) is 30.3 Å². The summed E-state index contributed by atoms with van der Waals surface area (Å²) in [5.41, 5.74) is -0.501. The van der Waals surface area contributed by atoms with Gasteiger partial charge in [0.2, 0.25) is 0 Å². The minimum atomic E-state index is -4.29. The van der Waals surface area contributed by atoms with Gasteiger partial charge in [-0.2, -0.15) is 13.2 Å². The van der Waals surface area contributed by atoms with Gasteiger partial charge < -0.3 is 0 Å².